The van der Waals surface area contributed by atoms with Crippen LogP contribution < -0.4 is 0 Å². The van der Waals surface area contributed by atoms with Crippen LogP contribution in [0.1, 0.15) is 0 Å². The minimum absolute atomic E-state index is 0.614. The van der Waals surface area contributed by atoms with Gasteiger partial charge in [0.25, 0.3) is 0 Å². The van der Waals surface area contributed by atoms with E-state index in [1.165, 1.54) is 15.5 Å². The molecule has 0 atom stereocenters. The van der Waals surface area contributed by atoms with E-state index in [4.69, 9.17) is 29.3 Å². The Bertz CT molecular complexity index is 3910. The van der Waals surface area contributed by atoms with E-state index in [2.05, 4.69) is 132 Å². The molecule has 7 nitrogen and oxygen atoms in total. The van der Waals surface area contributed by atoms with Crippen molar-refractivity contribution in [1.82, 2.24) is 29.5 Å². The molecule has 5 heterocycles. The Morgan fingerprint density at radius 2 is 0.937 bits per heavy atom. The molecule has 0 aliphatic rings. The van der Waals surface area contributed by atoms with Gasteiger partial charge < -0.3 is 8.98 Å². The smallest absolute Gasteiger partial charge is 0.180 e. The zero-order valence-corrected chi connectivity index (χ0v) is 34.3. The van der Waals surface area contributed by atoms with E-state index in [1.807, 2.05) is 66.7 Å². The summed E-state index contributed by atoms with van der Waals surface area (Å²) in [6, 6.07) is 67.0. The predicted molar refractivity (Wildman–Crippen MR) is 257 cm³/mol. The number of rotatable bonds is 6. The van der Waals surface area contributed by atoms with Crippen molar-refractivity contribution in [1.29, 1.82) is 0 Å². The van der Waals surface area contributed by atoms with E-state index in [1.54, 1.807) is 11.3 Å². The molecule has 0 radical (unpaired) electrons. The first-order valence-corrected chi connectivity index (χ1v) is 21.6. The molecule has 13 aromatic rings. The van der Waals surface area contributed by atoms with Crippen molar-refractivity contribution in [2.24, 2.45) is 0 Å². The molecule has 0 spiro atoms. The lowest BCUT2D eigenvalue weighted by molar-refractivity contribution is 0.667. The lowest BCUT2D eigenvalue weighted by Gasteiger charge is -2.10. The Hall–Kier alpha value is -8.33. The summed E-state index contributed by atoms with van der Waals surface area (Å²) in [5.41, 5.74) is 11.1. The van der Waals surface area contributed by atoms with E-state index >= 15 is 0 Å². The minimum Gasteiger partial charge on any atom is -0.452 e. The fraction of sp³-hybridized carbons (Fsp3) is 0. The Morgan fingerprint density at radius 1 is 0.365 bits per heavy atom. The third-order valence-electron chi connectivity index (χ3n) is 11.9. The third-order valence-corrected chi connectivity index (χ3v) is 13.0. The molecule has 63 heavy (non-hydrogen) atoms. The van der Waals surface area contributed by atoms with Gasteiger partial charge in [0.2, 0.25) is 0 Å². The molecule has 8 aromatic carbocycles. The maximum absolute atomic E-state index is 6.36. The number of nitrogens with zero attached hydrogens (tertiary/aromatic N) is 6. The first-order chi connectivity index (χ1) is 31.2. The molecule has 294 valence electrons. The topological polar surface area (TPSA) is 82.5 Å². The fourth-order valence-electron chi connectivity index (χ4n) is 8.88. The molecular formula is C55H32N6OS. The fourth-order valence-corrected chi connectivity index (χ4v) is 10.0. The number of aromatic nitrogens is 6. The van der Waals surface area contributed by atoms with Gasteiger partial charge in [-0.2, -0.15) is 0 Å². The van der Waals surface area contributed by atoms with Crippen molar-refractivity contribution < 1.29 is 4.42 Å². The molecule has 0 unspecified atom stereocenters. The van der Waals surface area contributed by atoms with Gasteiger partial charge in [0.1, 0.15) is 16.8 Å². The highest BCUT2D eigenvalue weighted by molar-refractivity contribution is 7.25. The van der Waals surface area contributed by atoms with Crippen molar-refractivity contribution in [3.63, 3.8) is 0 Å². The Kier molecular flexibility index (Phi) is 7.94. The zero-order chi connectivity index (χ0) is 41.4. The third kappa shape index (κ3) is 5.84. The quantitative estimate of drug-likeness (QED) is 0.166. The van der Waals surface area contributed by atoms with Gasteiger partial charge in [-0.15, -0.1) is 11.3 Å². The average molecular weight is 825 g/mol. The maximum Gasteiger partial charge on any atom is 0.180 e. The van der Waals surface area contributed by atoms with Gasteiger partial charge in [0.15, 0.2) is 28.9 Å². The number of benzene rings is 8. The summed E-state index contributed by atoms with van der Waals surface area (Å²) >= 11 is 1.76. The van der Waals surface area contributed by atoms with E-state index in [-0.39, 0.29) is 0 Å². The maximum atomic E-state index is 6.36. The minimum atomic E-state index is 0.614. The summed E-state index contributed by atoms with van der Waals surface area (Å²) in [5, 5.41) is 5.63. The molecular weight excluding hydrogens is 793 g/mol. The second-order valence-electron chi connectivity index (χ2n) is 15.7. The van der Waals surface area contributed by atoms with E-state index in [0.29, 0.717) is 28.9 Å². The number of furan rings is 1. The molecule has 0 saturated carbocycles. The van der Waals surface area contributed by atoms with Crippen LogP contribution in [0.3, 0.4) is 0 Å². The molecule has 0 fully saturated rings. The molecule has 0 amide bonds. The molecule has 0 bridgehead atoms. The van der Waals surface area contributed by atoms with Gasteiger partial charge in [-0.3, -0.25) is 0 Å². The second-order valence-corrected chi connectivity index (χ2v) is 16.7. The summed E-state index contributed by atoms with van der Waals surface area (Å²) in [6.45, 7) is 0. The lowest BCUT2D eigenvalue weighted by atomic mass is 10.1. The Balaban J connectivity index is 0.945. The number of hydrogen-bond donors (Lipinski definition) is 0. The van der Waals surface area contributed by atoms with Gasteiger partial charge in [-0.1, -0.05) is 133 Å². The van der Waals surface area contributed by atoms with Crippen LogP contribution in [0.2, 0.25) is 0 Å². The lowest BCUT2D eigenvalue weighted by Crippen LogP contribution is -2.00. The number of fused-ring (bicyclic) bond motifs is 9. The van der Waals surface area contributed by atoms with Gasteiger partial charge >= 0.3 is 0 Å². The zero-order valence-electron chi connectivity index (χ0n) is 33.5. The van der Waals surface area contributed by atoms with E-state index in [9.17, 15) is 0 Å². The highest BCUT2D eigenvalue weighted by atomic mass is 32.1. The monoisotopic (exact) mass is 824 g/mol. The second kappa shape index (κ2) is 14.1. The first-order valence-electron chi connectivity index (χ1n) is 20.8. The standard InChI is InChI=1S/C55H32N6OS/c1-4-14-33(15-5-1)49-51-50(42-21-11-13-23-46(42)62-51)57-53(56-49)37-25-28-41-43-30-35(26-29-47(43)63-48(41)32-37)54-58-52(34-16-6-2-7-17-34)59-55(60-54)36-24-27-40-39-20-10-12-22-44(39)61(45(40)31-36)38-18-8-3-9-19-38/h1-32H. The summed E-state index contributed by atoms with van der Waals surface area (Å²) in [7, 11) is 0. The SMILES string of the molecule is c1ccc(-c2nc(-c3ccc4sc5cc(-c6nc(-c7ccccc7)c7oc8ccccc8c7n6)ccc5c4c3)nc(-c3ccc4c5ccccc5n(-c5ccccc5)c4c3)n2)cc1. The van der Waals surface area contributed by atoms with Crippen LogP contribution in [0.4, 0.5) is 0 Å². The highest BCUT2D eigenvalue weighted by Crippen LogP contribution is 2.41. The van der Waals surface area contributed by atoms with Gasteiger partial charge in [0, 0.05) is 69.8 Å². The van der Waals surface area contributed by atoms with Crippen molar-refractivity contribution in [2.75, 3.05) is 0 Å². The van der Waals surface area contributed by atoms with Crippen molar-refractivity contribution in [2.45, 2.75) is 0 Å². The van der Waals surface area contributed by atoms with Crippen LogP contribution in [-0.4, -0.2) is 29.5 Å². The molecule has 0 saturated heterocycles. The molecule has 13 rings (SSSR count). The van der Waals surface area contributed by atoms with Crippen molar-refractivity contribution in [3.05, 3.63) is 194 Å². The van der Waals surface area contributed by atoms with Crippen LogP contribution >= 0.6 is 11.3 Å². The summed E-state index contributed by atoms with van der Waals surface area (Å²) in [6.07, 6.45) is 0. The van der Waals surface area contributed by atoms with E-state index in [0.717, 1.165) is 82.2 Å². The molecule has 8 heteroatoms. The summed E-state index contributed by atoms with van der Waals surface area (Å²) in [5.74, 6) is 2.50. The largest absolute Gasteiger partial charge is 0.452 e. The van der Waals surface area contributed by atoms with Crippen molar-refractivity contribution >= 4 is 75.4 Å². The number of hydrogen-bond acceptors (Lipinski definition) is 7. The predicted octanol–water partition coefficient (Wildman–Crippen LogP) is 14.4. The molecule has 5 aromatic heterocycles. The van der Waals surface area contributed by atoms with Crippen LogP contribution in [0.15, 0.2) is 199 Å². The van der Waals surface area contributed by atoms with Gasteiger partial charge in [-0.05, 0) is 60.7 Å². The van der Waals surface area contributed by atoms with Crippen molar-refractivity contribution in [3.8, 4) is 62.5 Å². The first kappa shape index (κ1) is 35.4. The Morgan fingerprint density at radius 3 is 1.71 bits per heavy atom. The normalized spacial score (nSPS) is 11.8. The number of para-hydroxylation sites is 3. The highest BCUT2D eigenvalue weighted by Gasteiger charge is 2.20. The van der Waals surface area contributed by atoms with Gasteiger partial charge in [0.05, 0.1) is 11.0 Å². The van der Waals surface area contributed by atoms with Crippen LogP contribution in [0.5, 0.6) is 0 Å². The van der Waals surface area contributed by atoms with Crippen LogP contribution in [0.25, 0.3) is 127 Å². The molecule has 0 N–H and O–H groups in total. The summed E-state index contributed by atoms with van der Waals surface area (Å²) < 4.78 is 11.0. The molecule has 0 aliphatic heterocycles. The summed E-state index contributed by atoms with van der Waals surface area (Å²) in [4.78, 5) is 25.7. The Labute approximate surface area is 364 Å². The van der Waals surface area contributed by atoms with Crippen LogP contribution in [-0.2, 0) is 0 Å². The van der Waals surface area contributed by atoms with Gasteiger partial charge in [-0.25, -0.2) is 24.9 Å². The van der Waals surface area contributed by atoms with Crippen LogP contribution in [0, 0.1) is 0 Å². The van der Waals surface area contributed by atoms with E-state index < -0.39 is 0 Å². The number of thiophene rings is 1. The molecule has 0 aliphatic carbocycles. The average Bonchev–Trinajstić information content (AvgIpc) is 4.03.